The van der Waals surface area contributed by atoms with Crippen molar-refractivity contribution in [1.82, 2.24) is 14.7 Å². The lowest BCUT2D eigenvalue weighted by Gasteiger charge is -2.47. The third kappa shape index (κ3) is 4.93. The van der Waals surface area contributed by atoms with E-state index in [1.165, 1.54) is 0 Å². The highest BCUT2D eigenvalue weighted by Gasteiger charge is 2.40. The lowest BCUT2D eigenvalue weighted by molar-refractivity contribution is -0.139. The van der Waals surface area contributed by atoms with Gasteiger partial charge in [0.05, 0.1) is 7.11 Å². The summed E-state index contributed by atoms with van der Waals surface area (Å²) in [6, 6.07) is 5.28. The standard InChI is InChI=1S/C21H33N3O3/c1-22(2)12-13-24-16-21(7-6-20(24)26)8-10-23(11-9-21)15-17-14-18(25)4-5-19(17)27-3/h4-5,14,25H,6-13,15-16H2,1-3H3. The smallest absolute Gasteiger partial charge is 0.222 e. The number of phenols is 1. The van der Waals surface area contributed by atoms with Gasteiger partial charge in [-0.2, -0.15) is 0 Å². The highest BCUT2D eigenvalue weighted by molar-refractivity contribution is 5.77. The van der Waals surface area contributed by atoms with Crippen molar-refractivity contribution in [3.63, 3.8) is 0 Å². The number of carbonyl (C=O) groups is 1. The van der Waals surface area contributed by atoms with Crippen LogP contribution in [0.15, 0.2) is 18.2 Å². The number of phenolic OH excluding ortho intramolecular Hbond substituents is 1. The van der Waals surface area contributed by atoms with Crippen molar-refractivity contribution in [2.45, 2.75) is 32.2 Å². The number of methoxy groups -OCH3 is 1. The molecule has 2 fully saturated rings. The second-order valence-corrected chi connectivity index (χ2v) is 8.39. The third-order valence-electron chi connectivity index (χ3n) is 6.14. The maximum atomic E-state index is 12.3. The van der Waals surface area contributed by atoms with E-state index in [0.717, 1.165) is 69.8 Å². The maximum Gasteiger partial charge on any atom is 0.222 e. The first kappa shape index (κ1) is 20.0. The predicted octanol–water partition coefficient (Wildman–Crippen LogP) is 2.17. The summed E-state index contributed by atoms with van der Waals surface area (Å²) in [6.45, 7) is 5.49. The Balaban J connectivity index is 1.58. The molecule has 0 radical (unpaired) electrons. The first-order valence-electron chi connectivity index (χ1n) is 9.91. The van der Waals surface area contributed by atoms with Gasteiger partial charge in [0, 0.05) is 38.2 Å². The van der Waals surface area contributed by atoms with Gasteiger partial charge in [-0.3, -0.25) is 9.69 Å². The fourth-order valence-corrected chi connectivity index (χ4v) is 4.35. The zero-order chi connectivity index (χ0) is 19.4. The molecule has 1 spiro atoms. The summed E-state index contributed by atoms with van der Waals surface area (Å²) in [5.74, 6) is 1.42. The number of carbonyl (C=O) groups excluding carboxylic acids is 1. The summed E-state index contributed by atoms with van der Waals surface area (Å²) in [6.07, 6.45) is 3.96. The highest BCUT2D eigenvalue weighted by Crippen LogP contribution is 2.40. The van der Waals surface area contributed by atoms with E-state index < -0.39 is 0 Å². The van der Waals surface area contributed by atoms with Crippen molar-refractivity contribution in [1.29, 1.82) is 0 Å². The van der Waals surface area contributed by atoms with Crippen molar-refractivity contribution < 1.29 is 14.6 Å². The number of piperidine rings is 2. The molecule has 1 N–H and O–H groups in total. The fourth-order valence-electron chi connectivity index (χ4n) is 4.35. The highest BCUT2D eigenvalue weighted by atomic mass is 16.5. The summed E-state index contributed by atoms with van der Waals surface area (Å²) in [5.41, 5.74) is 1.31. The van der Waals surface area contributed by atoms with Crippen LogP contribution in [0.25, 0.3) is 0 Å². The van der Waals surface area contributed by atoms with Crippen molar-refractivity contribution in [2.75, 3.05) is 53.9 Å². The monoisotopic (exact) mass is 375 g/mol. The number of hydrogen-bond acceptors (Lipinski definition) is 5. The van der Waals surface area contributed by atoms with Crippen LogP contribution in [0.2, 0.25) is 0 Å². The van der Waals surface area contributed by atoms with E-state index in [2.05, 4.69) is 28.8 Å². The average molecular weight is 376 g/mol. The van der Waals surface area contributed by atoms with Crippen LogP contribution in [0.4, 0.5) is 0 Å². The quantitative estimate of drug-likeness (QED) is 0.826. The number of benzene rings is 1. The Morgan fingerprint density at radius 1 is 1.22 bits per heavy atom. The number of hydrogen-bond donors (Lipinski definition) is 1. The zero-order valence-electron chi connectivity index (χ0n) is 16.9. The minimum Gasteiger partial charge on any atom is -0.508 e. The van der Waals surface area contributed by atoms with Crippen LogP contribution >= 0.6 is 0 Å². The zero-order valence-corrected chi connectivity index (χ0v) is 16.9. The van der Waals surface area contributed by atoms with Crippen LogP contribution in [-0.2, 0) is 11.3 Å². The van der Waals surface area contributed by atoms with E-state index in [9.17, 15) is 9.90 Å². The molecule has 0 saturated carbocycles. The molecule has 2 saturated heterocycles. The number of rotatable bonds is 6. The Hall–Kier alpha value is -1.79. The van der Waals surface area contributed by atoms with Crippen LogP contribution in [0.3, 0.4) is 0 Å². The molecule has 1 amide bonds. The van der Waals surface area contributed by atoms with Crippen molar-refractivity contribution in [2.24, 2.45) is 5.41 Å². The number of amides is 1. The van der Waals surface area contributed by atoms with Crippen LogP contribution in [0.5, 0.6) is 11.5 Å². The molecular formula is C21H33N3O3. The van der Waals surface area contributed by atoms with Crippen LogP contribution < -0.4 is 4.74 Å². The Bertz CT molecular complexity index is 654. The molecule has 0 aliphatic carbocycles. The minimum atomic E-state index is 0.277. The molecule has 0 unspecified atom stereocenters. The van der Waals surface area contributed by atoms with Crippen molar-refractivity contribution in [3.8, 4) is 11.5 Å². The van der Waals surface area contributed by atoms with Gasteiger partial charge >= 0.3 is 0 Å². The van der Waals surface area contributed by atoms with Gasteiger partial charge in [0.15, 0.2) is 0 Å². The molecular weight excluding hydrogens is 342 g/mol. The molecule has 27 heavy (non-hydrogen) atoms. The lowest BCUT2D eigenvalue weighted by atomic mass is 9.72. The maximum absolute atomic E-state index is 12.3. The number of aromatic hydroxyl groups is 1. The van der Waals surface area contributed by atoms with Crippen molar-refractivity contribution >= 4 is 5.91 Å². The van der Waals surface area contributed by atoms with Crippen LogP contribution in [-0.4, -0.2) is 79.6 Å². The molecule has 2 aliphatic rings. The van der Waals surface area contributed by atoms with E-state index in [1.54, 1.807) is 19.2 Å². The molecule has 6 heteroatoms. The largest absolute Gasteiger partial charge is 0.508 e. The lowest BCUT2D eigenvalue weighted by Crippen LogP contribution is -2.52. The Kier molecular flexibility index (Phi) is 6.27. The molecule has 2 aliphatic heterocycles. The van der Waals surface area contributed by atoms with E-state index in [-0.39, 0.29) is 11.2 Å². The fraction of sp³-hybridized carbons (Fsp3) is 0.667. The molecule has 0 atom stereocenters. The topological polar surface area (TPSA) is 56.3 Å². The van der Waals surface area contributed by atoms with Gasteiger partial charge < -0.3 is 19.6 Å². The van der Waals surface area contributed by atoms with E-state index in [4.69, 9.17) is 4.74 Å². The first-order valence-corrected chi connectivity index (χ1v) is 9.91. The Morgan fingerprint density at radius 2 is 1.96 bits per heavy atom. The minimum absolute atomic E-state index is 0.277. The van der Waals surface area contributed by atoms with E-state index >= 15 is 0 Å². The van der Waals surface area contributed by atoms with Crippen LogP contribution in [0, 0.1) is 5.41 Å². The molecule has 1 aromatic carbocycles. The summed E-state index contributed by atoms with van der Waals surface area (Å²) >= 11 is 0. The molecule has 0 aromatic heterocycles. The summed E-state index contributed by atoms with van der Waals surface area (Å²) in [7, 11) is 5.78. The van der Waals surface area contributed by atoms with Gasteiger partial charge in [-0.25, -0.2) is 0 Å². The molecule has 6 nitrogen and oxygen atoms in total. The molecule has 0 bridgehead atoms. The second-order valence-electron chi connectivity index (χ2n) is 8.39. The third-order valence-corrected chi connectivity index (χ3v) is 6.14. The SMILES string of the molecule is COc1ccc(O)cc1CN1CCC2(CCC(=O)N(CCN(C)C)C2)CC1. The second kappa shape index (κ2) is 8.48. The number of ether oxygens (including phenoxy) is 1. The number of likely N-dealkylation sites (N-methyl/N-ethyl adjacent to an activating group) is 1. The summed E-state index contributed by atoms with van der Waals surface area (Å²) < 4.78 is 5.44. The first-order chi connectivity index (χ1) is 12.9. The Morgan fingerprint density at radius 3 is 2.63 bits per heavy atom. The average Bonchev–Trinajstić information content (AvgIpc) is 2.65. The van der Waals surface area contributed by atoms with Crippen LogP contribution in [0.1, 0.15) is 31.2 Å². The Labute approximate surface area is 162 Å². The number of nitrogens with zero attached hydrogens (tertiary/aromatic N) is 3. The van der Waals surface area contributed by atoms with Gasteiger partial charge in [0.25, 0.3) is 0 Å². The van der Waals surface area contributed by atoms with E-state index in [0.29, 0.717) is 12.3 Å². The van der Waals surface area contributed by atoms with E-state index in [1.807, 2.05) is 6.07 Å². The predicted molar refractivity (Wildman–Crippen MR) is 106 cm³/mol. The van der Waals surface area contributed by atoms with Gasteiger partial charge in [-0.15, -0.1) is 0 Å². The molecule has 150 valence electrons. The number of likely N-dealkylation sites (tertiary alicyclic amines) is 2. The van der Waals surface area contributed by atoms with Gasteiger partial charge in [-0.05, 0) is 70.1 Å². The summed E-state index contributed by atoms with van der Waals surface area (Å²) in [4.78, 5) is 19.0. The van der Waals surface area contributed by atoms with Gasteiger partial charge in [0.2, 0.25) is 5.91 Å². The van der Waals surface area contributed by atoms with Crippen molar-refractivity contribution in [3.05, 3.63) is 23.8 Å². The van der Waals surface area contributed by atoms with Gasteiger partial charge in [0.1, 0.15) is 11.5 Å². The van der Waals surface area contributed by atoms with Gasteiger partial charge in [-0.1, -0.05) is 0 Å². The molecule has 3 rings (SSSR count). The molecule has 1 aromatic rings. The normalized spacial score (nSPS) is 20.4. The molecule has 2 heterocycles. The summed E-state index contributed by atoms with van der Waals surface area (Å²) in [5, 5.41) is 9.79.